The molecular weight excluding hydrogens is 596 g/mol. The Balaban J connectivity index is 1.28. The number of halogens is 1. The molecule has 7 rings (SSSR count). The second kappa shape index (κ2) is 11.7. The fourth-order valence-electron chi connectivity index (χ4n) is 8.15. The average Bonchev–Trinajstić information content (AvgIpc) is 3.81. The molecule has 3 aliphatic carbocycles. The number of carbonyl (C=O) groups is 1. The second-order valence-electron chi connectivity index (χ2n) is 14.1. The van der Waals surface area contributed by atoms with Gasteiger partial charge in [-0.2, -0.15) is 0 Å². The van der Waals surface area contributed by atoms with Crippen LogP contribution in [0.3, 0.4) is 0 Å². The van der Waals surface area contributed by atoms with Crippen LogP contribution in [-0.2, 0) is 21.9 Å². The van der Waals surface area contributed by atoms with Crippen molar-refractivity contribution in [2.24, 2.45) is 23.7 Å². The van der Waals surface area contributed by atoms with Crippen LogP contribution in [-0.4, -0.2) is 50.5 Å². The molecular formula is C35H43ClN2O5S. The minimum absolute atomic E-state index is 0.132. The molecule has 2 aromatic carbocycles. The zero-order valence-electron chi connectivity index (χ0n) is 25.4. The summed E-state index contributed by atoms with van der Waals surface area (Å²) < 4.78 is 36.4. The molecule has 2 heterocycles. The summed E-state index contributed by atoms with van der Waals surface area (Å²) in [4.78, 5) is 15.9. The summed E-state index contributed by atoms with van der Waals surface area (Å²) in [5.41, 5.74) is 3.38. The number of hydrogen-bond donors (Lipinski definition) is 2. The molecule has 44 heavy (non-hydrogen) atoms. The first-order valence-electron chi connectivity index (χ1n) is 16.3. The lowest BCUT2D eigenvalue weighted by Gasteiger charge is -2.45. The number of aryl methyl sites for hydroxylation is 1. The number of ether oxygens (including phenoxy) is 1. The number of amides is 1. The molecule has 1 spiro atoms. The second-order valence-corrected chi connectivity index (χ2v) is 16.4. The van der Waals surface area contributed by atoms with Crippen molar-refractivity contribution in [3.8, 4) is 5.75 Å². The normalized spacial score (nSPS) is 34.0. The smallest absolute Gasteiger partial charge is 0.264 e. The first-order chi connectivity index (χ1) is 21.1. The van der Waals surface area contributed by atoms with E-state index in [-0.39, 0.29) is 23.2 Å². The Morgan fingerprint density at radius 1 is 1.14 bits per heavy atom. The van der Waals surface area contributed by atoms with Gasteiger partial charge in [-0.1, -0.05) is 49.6 Å². The third kappa shape index (κ3) is 5.78. The van der Waals surface area contributed by atoms with Gasteiger partial charge in [-0.15, -0.1) is 0 Å². The number of nitrogens with one attached hydrogen (secondary N) is 1. The van der Waals surface area contributed by atoms with Crippen molar-refractivity contribution < 1.29 is 23.1 Å². The molecule has 236 valence electrons. The molecule has 0 aromatic heterocycles. The predicted molar refractivity (Wildman–Crippen MR) is 173 cm³/mol. The molecule has 9 heteroatoms. The minimum atomic E-state index is -3.93. The number of fused-ring (bicyclic) bond motifs is 4. The van der Waals surface area contributed by atoms with Crippen molar-refractivity contribution in [3.63, 3.8) is 0 Å². The highest BCUT2D eigenvalue weighted by Gasteiger charge is 2.44. The van der Waals surface area contributed by atoms with Crippen molar-refractivity contribution in [1.82, 2.24) is 4.72 Å². The van der Waals surface area contributed by atoms with Crippen LogP contribution < -0.4 is 14.4 Å². The van der Waals surface area contributed by atoms with Crippen molar-refractivity contribution in [3.05, 3.63) is 70.3 Å². The fourth-order valence-corrected chi connectivity index (χ4v) is 10.1. The van der Waals surface area contributed by atoms with Gasteiger partial charge in [0.2, 0.25) is 10.0 Å². The topological polar surface area (TPSA) is 95.9 Å². The first-order valence-corrected chi connectivity index (χ1v) is 18.3. The van der Waals surface area contributed by atoms with Crippen LogP contribution in [0.5, 0.6) is 5.75 Å². The van der Waals surface area contributed by atoms with Crippen LogP contribution in [0.1, 0.15) is 79.8 Å². The number of sulfonamides is 1. The number of hydrogen-bond acceptors (Lipinski definition) is 6. The quantitative estimate of drug-likeness (QED) is 0.391. The maximum absolute atomic E-state index is 13.7. The van der Waals surface area contributed by atoms with Crippen molar-refractivity contribution in [1.29, 1.82) is 0 Å². The zero-order chi connectivity index (χ0) is 30.6. The standard InChI is InChI=1S/C35H43ClN2O5S/c1-22-4-2-6-31(39)28-12-9-26(28)19-38-20-35(15-3-5-24-17-27(36)11-13-29(24)35)21-43-32-14-10-25(18-30(32)38)34(40)37-44(41,42)33(22)16-23-7-8-23/h2,6,10-11,13-14,17-18,22-23,26,28,31,33,39H,3-5,7-9,12,15-16,19-21H2,1H3,(H,37,40)/b6-2-/t22-,26-,28+,31-,33-,35-/m0/s1. The molecule has 2 aromatic rings. The summed E-state index contributed by atoms with van der Waals surface area (Å²) in [6.07, 6.45) is 11.4. The molecule has 6 atom stereocenters. The number of carbonyl (C=O) groups excluding carboxylic acids is 1. The van der Waals surface area contributed by atoms with Crippen LogP contribution in [0.15, 0.2) is 48.6 Å². The monoisotopic (exact) mass is 638 g/mol. The number of allylic oxidation sites excluding steroid dienone is 1. The summed E-state index contributed by atoms with van der Waals surface area (Å²) in [7, 11) is -3.93. The van der Waals surface area contributed by atoms with Gasteiger partial charge in [-0.3, -0.25) is 4.79 Å². The van der Waals surface area contributed by atoms with Crippen LogP contribution in [0.4, 0.5) is 5.69 Å². The predicted octanol–water partition coefficient (Wildman–Crippen LogP) is 6.02. The van der Waals surface area contributed by atoms with Gasteiger partial charge in [-0.25, -0.2) is 13.1 Å². The summed E-state index contributed by atoms with van der Waals surface area (Å²) in [6, 6.07) is 11.5. The lowest BCUT2D eigenvalue weighted by Crippen LogP contribution is -2.49. The molecule has 1 amide bonds. The van der Waals surface area contributed by atoms with E-state index >= 15 is 0 Å². The maximum atomic E-state index is 13.7. The third-order valence-corrected chi connectivity index (χ3v) is 13.2. The summed E-state index contributed by atoms with van der Waals surface area (Å²) in [5.74, 6) is 0.716. The van der Waals surface area contributed by atoms with Crippen molar-refractivity contribution in [2.75, 3.05) is 24.6 Å². The summed E-state index contributed by atoms with van der Waals surface area (Å²) in [6.45, 7) is 3.87. The van der Waals surface area contributed by atoms with Gasteiger partial charge in [0.15, 0.2) is 0 Å². The van der Waals surface area contributed by atoms with Gasteiger partial charge in [0.1, 0.15) is 5.75 Å². The number of anilines is 1. The summed E-state index contributed by atoms with van der Waals surface area (Å²) in [5, 5.41) is 11.3. The Bertz CT molecular complexity index is 1570. The molecule has 5 aliphatic rings. The van der Waals surface area contributed by atoms with E-state index in [2.05, 4.69) is 21.8 Å². The largest absolute Gasteiger partial charge is 0.490 e. The van der Waals surface area contributed by atoms with Crippen molar-refractivity contribution >= 4 is 33.2 Å². The van der Waals surface area contributed by atoms with E-state index in [1.165, 1.54) is 11.1 Å². The molecule has 0 saturated heterocycles. The molecule has 0 radical (unpaired) electrons. The number of aliphatic hydroxyl groups is 1. The van der Waals surface area contributed by atoms with E-state index < -0.39 is 27.3 Å². The number of benzene rings is 2. The highest BCUT2D eigenvalue weighted by atomic mass is 35.5. The van der Waals surface area contributed by atoms with Gasteiger partial charge in [0, 0.05) is 29.1 Å². The van der Waals surface area contributed by atoms with Gasteiger partial charge in [0.25, 0.3) is 5.91 Å². The van der Waals surface area contributed by atoms with Gasteiger partial charge in [0.05, 0.1) is 23.6 Å². The zero-order valence-corrected chi connectivity index (χ0v) is 27.0. The van der Waals surface area contributed by atoms with Crippen molar-refractivity contribution in [2.45, 2.75) is 81.5 Å². The van der Waals surface area contributed by atoms with E-state index in [1.54, 1.807) is 12.1 Å². The molecule has 2 fully saturated rings. The Hall–Kier alpha value is -2.55. The van der Waals surface area contributed by atoms with Gasteiger partial charge < -0.3 is 14.7 Å². The number of aliphatic hydroxyl groups excluding tert-OH is 1. The van der Waals surface area contributed by atoms with Gasteiger partial charge >= 0.3 is 0 Å². The Kier molecular flexibility index (Phi) is 7.99. The maximum Gasteiger partial charge on any atom is 0.264 e. The van der Waals surface area contributed by atoms with E-state index in [0.717, 1.165) is 62.2 Å². The van der Waals surface area contributed by atoms with E-state index in [9.17, 15) is 18.3 Å². The Labute approximate surface area is 266 Å². The fraction of sp³-hybridized carbons (Fsp3) is 0.571. The van der Waals surface area contributed by atoms with Crippen LogP contribution in [0.25, 0.3) is 0 Å². The molecule has 2 aliphatic heterocycles. The third-order valence-electron chi connectivity index (χ3n) is 11.0. The van der Waals surface area contributed by atoms with Gasteiger partial charge in [-0.05, 0) is 110 Å². The van der Waals surface area contributed by atoms with E-state index in [4.69, 9.17) is 16.3 Å². The molecule has 7 nitrogen and oxygen atoms in total. The molecule has 2 N–H and O–H groups in total. The average molecular weight is 639 g/mol. The Morgan fingerprint density at radius 3 is 2.75 bits per heavy atom. The first kappa shape index (κ1) is 30.1. The van der Waals surface area contributed by atoms with Crippen LogP contribution in [0.2, 0.25) is 5.02 Å². The highest BCUT2D eigenvalue weighted by Crippen LogP contribution is 2.47. The van der Waals surface area contributed by atoms with E-state index in [0.29, 0.717) is 43.2 Å². The Morgan fingerprint density at radius 2 is 1.98 bits per heavy atom. The van der Waals surface area contributed by atoms with Crippen LogP contribution >= 0.6 is 11.6 Å². The SMILES string of the molecule is C[C@H]1C/C=C\[C@H](O)[C@@H]2CC[C@H]2CN2C[C@@]3(CCCc4cc(Cl)ccc43)COc3ccc(cc32)C(=O)NS(=O)(=O)[C@H]1CC1CC1. The van der Waals surface area contributed by atoms with E-state index in [1.807, 2.05) is 31.2 Å². The summed E-state index contributed by atoms with van der Waals surface area (Å²) >= 11 is 6.41. The highest BCUT2D eigenvalue weighted by molar-refractivity contribution is 7.90. The number of nitrogens with zero attached hydrogens (tertiary/aromatic N) is 1. The molecule has 2 bridgehead atoms. The lowest BCUT2D eigenvalue weighted by atomic mass is 9.68. The minimum Gasteiger partial charge on any atom is -0.490 e. The van der Waals surface area contributed by atoms with Crippen LogP contribution in [0, 0.1) is 23.7 Å². The lowest BCUT2D eigenvalue weighted by molar-refractivity contribution is 0.0455. The number of rotatable bonds is 2. The molecule has 0 unspecified atom stereocenters. The molecule has 2 saturated carbocycles.